The number of halogens is 1. The molecule has 1 saturated heterocycles. The Kier molecular flexibility index (Phi) is 4.00. The van der Waals surface area contributed by atoms with Crippen LogP contribution in [-0.2, 0) is 0 Å². The first kappa shape index (κ1) is 12.4. The third-order valence-corrected chi connectivity index (χ3v) is 3.69. The minimum absolute atomic E-state index is 0.127. The molecule has 17 heavy (non-hydrogen) atoms. The Labute approximate surface area is 103 Å². The van der Waals surface area contributed by atoms with E-state index >= 15 is 0 Å². The first-order chi connectivity index (χ1) is 8.16. The van der Waals surface area contributed by atoms with E-state index in [1.807, 2.05) is 13.0 Å². The number of piperidine rings is 1. The van der Waals surface area contributed by atoms with Gasteiger partial charge in [0.25, 0.3) is 0 Å². The molecule has 0 saturated carbocycles. The van der Waals surface area contributed by atoms with Crippen LogP contribution in [-0.4, -0.2) is 31.6 Å². The van der Waals surface area contributed by atoms with Gasteiger partial charge in [0.05, 0.1) is 0 Å². The average molecular weight is 236 g/mol. The molecule has 2 rings (SSSR count). The lowest BCUT2D eigenvalue weighted by Crippen LogP contribution is -2.33. The van der Waals surface area contributed by atoms with Gasteiger partial charge in [0, 0.05) is 17.8 Å². The van der Waals surface area contributed by atoms with E-state index in [-0.39, 0.29) is 5.82 Å². The summed E-state index contributed by atoms with van der Waals surface area (Å²) in [6.45, 7) is 5.13. The van der Waals surface area contributed by atoms with Gasteiger partial charge in [-0.3, -0.25) is 0 Å². The first-order valence-corrected chi connectivity index (χ1v) is 6.34. The second kappa shape index (κ2) is 5.50. The third kappa shape index (κ3) is 3.19. The molecule has 1 aromatic rings. The van der Waals surface area contributed by atoms with Crippen LogP contribution >= 0.6 is 0 Å². The molecule has 94 valence electrons. The zero-order valence-corrected chi connectivity index (χ0v) is 10.7. The summed E-state index contributed by atoms with van der Waals surface area (Å²) in [6.07, 6.45) is 2.47. The second-order valence-electron chi connectivity index (χ2n) is 5.04. The highest BCUT2D eigenvalue weighted by molar-refractivity contribution is 5.50. The Morgan fingerprint density at radius 3 is 2.76 bits per heavy atom. The monoisotopic (exact) mass is 236 g/mol. The number of nitrogens with one attached hydrogen (secondary N) is 1. The fourth-order valence-corrected chi connectivity index (χ4v) is 2.32. The van der Waals surface area contributed by atoms with Crippen molar-refractivity contribution in [3.05, 3.63) is 29.6 Å². The van der Waals surface area contributed by atoms with Crippen molar-refractivity contribution in [2.45, 2.75) is 19.8 Å². The molecule has 0 atom stereocenters. The van der Waals surface area contributed by atoms with E-state index in [0.717, 1.165) is 17.8 Å². The van der Waals surface area contributed by atoms with E-state index in [4.69, 9.17) is 0 Å². The van der Waals surface area contributed by atoms with Crippen LogP contribution in [0.3, 0.4) is 0 Å². The lowest BCUT2D eigenvalue weighted by Gasteiger charge is -2.29. The minimum atomic E-state index is -0.127. The van der Waals surface area contributed by atoms with Crippen LogP contribution in [0.2, 0.25) is 0 Å². The summed E-state index contributed by atoms with van der Waals surface area (Å²) < 4.78 is 13.3. The Morgan fingerprint density at radius 2 is 2.06 bits per heavy atom. The maximum Gasteiger partial charge on any atom is 0.128 e. The highest BCUT2D eigenvalue weighted by atomic mass is 19.1. The molecule has 2 nitrogen and oxygen atoms in total. The number of hydrogen-bond acceptors (Lipinski definition) is 2. The summed E-state index contributed by atoms with van der Waals surface area (Å²) in [5.74, 6) is 0.590. The van der Waals surface area contributed by atoms with E-state index in [1.165, 1.54) is 32.0 Å². The molecule has 1 aliphatic heterocycles. The van der Waals surface area contributed by atoms with Crippen molar-refractivity contribution >= 4 is 5.69 Å². The van der Waals surface area contributed by atoms with Gasteiger partial charge >= 0.3 is 0 Å². The highest BCUT2D eigenvalue weighted by Crippen LogP contribution is 2.20. The van der Waals surface area contributed by atoms with Crippen molar-refractivity contribution in [2.24, 2.45) is 5.92 Å². The number of nitrogens with zero attached hydrogens (tertiary/aromatic N) is 1. The van der Waals surface area contributed by atoms with Crippen LogP contribution in [0.5, 0.6) is 0 Å². The van der Waals surface area contributed by atoms with Crippen molar-refractivity contribution in [1.82, 2.24) is 4.90 Å². The van der Waals surface area contributed by atoms with Crippen LogP contribution < -0.4 is 5.32 Å². The fraction of sp³-hybridized carbons (Fsp3) is 0.571. The minimum Gasteiger partial charge on any atom is -0.384 e. The summed E-state index contributed by atoms with van der Waals surface area (Å²) in [7, 11) is 2.17. The van der Waals surface area contributed by atoms with Crippen LogP contribution in [0.25, 0.3) is 0 Å². The predicted molar refractivity (Wildman–Crippen MR) is 69.8 cm³/mol. The first-order valence-electron chi connectivity index (χ1n) is 6.34. The van der Waals surface area contributed by atoms with Gasteiger partial charge in [0.1, 0.15) is 5.82 Å². The van der Waals surface area contributed by atoms with Gasteiger partial charge in [0.2, 0.25) is 0 Å². The molecule has 1 aromatic carbocycles. The molecule has 0 unspecified atom stereocenters. The van der Waals surface area contributed by atoms with E-state index in [9.17, 15) is 4.39 Å². The molecule has 0 radical (unpaired) electrons. The van der Waals surface area contributed by atoms with Crippen molar-refractivity contribution in [2.75, 3.05) is 32.0 Å². The number of rotatable bonds is 3. The SMILES string of the molecule is Cc1c(F)cccc1NCC1CCN(C)CC1. The topological polar surface area (TPSA) is 15.3 Å². The molecular formula is C14H21FN2. The maximum atomic E-state index is 13.3. The molecule has 0 spiro atoms. The predicted octanol–water partition coefficient (Wildman–Crippen LogP) is 2.89. The van der Waals surface area contributed by atoms with Gasteiger partial charge in [-0.15, -0.1) is 0 Å². The number of benzene rings is 1. The summed E-state index contributed by atoms with van der Waals surface area (Å²) in [5, 5.41) is 3.38. The quantitative estimate of drug-likeness (QED) is 0.868. The highest BCUT2D eigenvalue weighted by Gasteiger charge is 2.16. The van der Waals surface area contributed by atoms with Crippen molar-refractivity contribution in [3.8, 4) is 0 Å². The Balaban J connectivity index is 1.87. The fourth-order valence-electron chi connectivity index (χ4n) is 2.32. The molecule has 0 aromatic heterocycles. The average Bonchev–Trinajstić information content (AvgIpc) is 2.33. The van der Waals surface area contributed by atoms with Crippen LogP contribution in [0.4, 0.5) is 10.1 Å². The lowest BCUT2D eigenvalue weighted by molar-refractivity contribution is 0.226. The van der Waals surface area contributed by atoms with Gasteiger partial charge in [0.15, 0.2) is 0 Å². The smallest absolute Gasteiger partial charge is 0.128 e. The van der Waals surface area contributed by atoms with Crippen molar-refractivity contribution in [1.29, 1.82) is 0 Å². The van der Waals surface area contributed by atoms with E-state index in [1.54, 1.807) is 6.07 Å². The Morgan fingerprint density at radius 1 is 1.35 bits per heavy atom. The summed E-state index contributed by atoms with van der Waals surface area (Å²) >= 11 is 0. The molecule has 1 aliphatic rings. The Hall–Kier alpha value is -1.09. The third-order valence-electron chi connectivity index (χ3n) is 3.69. The van der Waals surface area contributed by atoms with Crippen LogP contribution in [0.1, 0.15) is 18.4 Å². The second-order valence-corrected chi connectivity index (χ2v) is 5.04. The van der Waals surface area contributed by atoms with Gasteiger partial charge in [-0.25, -0.2) is 4.39 Å². The summed E-state index contributed by atoms with van der Waals surface area (Å²) in [5.41, 5.74) is 1.66. The Bertz CT molecular complexity index is 370. The summed E-state index contributed by atoms with van der Waals surface area (Å²) in [4.78, 5) is 2.37. The molecule has 1 N–H and O–H groups in total. The van der Waals surface area contributed by atoms with Crippen LogP contribution in [0.15, 0.2) is 18.2 Å². The van der Waals surface area contributed by atoms with Gasteiger partial charge in [-0.05, 0) is 58.0 Å². The number of hydrogen-bond donors (Lipinski definition) is 1. The molecule has 0 amide bonds. The van der Waals surface area contributed by atoms with E-state index < -0.39 is 0 Å². The molecule has 1 fully saturated rings. The standard InChI is InChI=1S/C14H21FN2/c1-11-13(15)4-3-5-14(11)16-10-12-6-8-17(2)9-7-12/h3-5,12,16H,6-10H2,1-2H3. The largest absolute Gasteiger partial charge is 0.384 e. The molecule has 0 aliphatic carbocycles. The molecule has 1 heterocycles. The zero-order chi connectivity index (χ0) is 12.3. The molecule has 3 heteroatoms. The van der Waals surface area contributed by atoms with Crippen LogP contribution in [0, 0.1) is 18.7 Å². The zero-order valence-electron chi connectivity index (χ0n) is 10.7. The van der Waals surface area contributed by atoms with Crippen molar-refractivity contribution < 1.29 is 4.39 Å². The van der Waals surface area contributed by atoms with E-state index in [0.29, 0.717) is 5.92 Å². The maximum absolute atomic E-state index is 13.3. The van der Waals surface area contributed by atoms with E-state index in [2.05, 4.69) is 17.3 Å². The number of anilines is 1. The van der Waals surface area contributed by atoms with Crippen molar-refractivity contribution in [3.63, 3.8) is 0 Å². The van der Waals surface area contributed by atoms with Gasteiger partial charge < -0.3 is 10.2 Å². The lowest BCUT2D eigenvalue weighted by atomic mass is 9.97. The summed E-state index contributed by atoms with van der Waals surface area (Å²) in [6, 6.07) is 5.22. The molecule has 0 bridgehead atoms. The van der Waals surface area contributed by atoms with Gasteiger partial charge in [-0.2, -0.15) is 0 Å². The molecular weight excluding hydrogens is 215 g/mol. The normalized spacial score (nSPS) is 18.3. The van der Waals surface area contributed by atoms with Gasteiger partial charge in [-0.1, -0.05) is 6.07 Å². The number of likely N-dealkylation sites (tertiary alicyclic amines) is 1.